The third kappa shape index (κ3) is 3.03. The number of rotatable bonds is 5. The van der Waals surface area contributed by atoms with Crippen molar-refractivity contribution in [1.29, 1.82) is 0 Å². The van der Waals surface area contributed by atoms with E-state index in [9.17, 15) is 4.79 Å². The van der Waals surface area contributed by atoms with Crippen LogP contribution in [0.5, 0.6) is 0 Å². The fraction of sp³-hybridized carbons (Fsp3) is 0.500. The lowest BCUT2D eigenvalue weighted by Crippen LogP contribution is -2.36. The Balaban J connectivity index is 2.85. The van der Waals surface area contributed by atoms with Crippen LogP contribution in [0.25, 0.3) is 0 Å². The Labute approximate surface area is 96.5 Å². The first kappa shape index (κ1) is 12.6. The number of nitrogens with zero attached hydrogens (tertiary/aromatic N) is 2. The number of hydrogen-bond acceptors (Lipinski definition) is 3. The predicted molar refractivity (Wildman–Crippen MR) is 64.2 cm³/mol. The third-order valence-corrected chi connectivity index (χ3v) is 2.42. The second-order valence-corrected chi connectivity index (χ2v) is 3.72. The molecule has 0 bridgehead atoms. The molecule has 0 aliphatic rings. The molecule has 1 aromatic rings. The highest BCUT2D eigenvalue weighted by atomic mass is 16.2. The highest BCUT2D eigenvalue weighted by molar-refractivity contribution is 5.95. The molecule has 0 fully saturated rings. The number of aromatic nitrogens is 1. The van der Waals surface area contributed by atoms with E-state index in [2.05, 4.69) is 4.98 Å². The van der Waals surface area contributed by atoms with Gasteiger partial charge in [-0.15, -0.1) is 0 Å². The smallest absolute Gasteiger partial charge is 0.255 e. The highest BCUT2D eigenvalue weighted by Crippen LogP contribution is 2.08. The van der Waals surface area contributed by atoms with Gasteiger partial charge < -0.3 is 10.6 Å². The lowest BCUT2D eigenvalue weighted by Gasteiger charge is -2.21. The molecule has 2 N–H and O–H groups in total. The van der Waals surface area contributed by atoms with Gasteiger partial charge >= 0.3 is 0 Å². The van der Waals surface area contributed by atoms with Crippen LogP contribution >= 0.6 is 0 Å². The third-order valence-electron chi connectivity index (χ3n) is 2.42. The molecule has 0 saturated carbocycles. The number of pyridine rings is 1. The number of hydrogen-bond donors (Lipinski definition) is 1. The second kappa shape index (κ2) is 6.23. The maximum Gasteiger partial charge on any atom is 0.255 e. The molecule has 0 spiro atoms. The summed E-state index contributed by atoms with van der Waals surface area (Å²) in [5, 5.41) is 0. The average Bonchev–Trinajstić information content (AvgIpc) is 2.28. The molecule has 0 aliphatic heterocycles. The van der Waals surface area contributed by atoms with Gasteiger partial charge in [0.25, 0.3) is 5.91 Å². The van der Waals surface area contributed by atoms with Crippen molar-refractivity contribution in [3.8, 4) is 0 Å². The molecule has 16 heavy (non-hydrogen) atoms. The van der Waals surface area contributed by atoms with Crippen LogP contribution in [-0.4, -0.2) is 35.4 Å². The molecule has 0 aliphatic carbocycles. The Kier molecular flexibility index (Phi) is 4.92. The van der Waals surface area contributed by atoms with Gasteiger partial charge in [0.15, 0.2) is 0 Å². The largest absolute Gasteiger partial charge is 0.337 e. The fourth-order valence-electron chi connectivity index (χ4n) is 1.62. The molecule has 1 aromatic heterocycles. The number of amides is 1. The van der Waals surface area contributed by atoms with Crippen LogP contribution in [0.4, 0.5) is 0 Å². The highest BCUT2D eigenvalue weighted by Gasteiger charge is 2.16. The Morgan fingerprint density at radius 1 is 1.50 bits per heavy atom. The zero-order chi connectivity index (χ0) is 12.0. The molecule has 0 unspecified atom stereocenters. The molecule has 4 heteroatoms. The van der Waals surface area contributed by atoms with E-state index in [1.165, 1.54) is 0 Å². The molecule has 1 heterocycles. The standard InChI is InChI=1S/C12H19N3O/c1-3-8-15(9-6-13)12(16)11-5-4-7-14-10(11)2/h4-5,7H,3,6,8-9,13H2,1-2H3. The fourth-order valence-corrected chi connectivity index (χ4v) is 1.62. The lowest BCUT2D eigenvalue weighted by molar-refractivity contribution is 0.0759. The summed E-state index contributed by atoms with van der Waals surface area (Å²) >= 11 is 0. The summed E-state index contributed by atoms with van der Waals surface area (Å²) in [4.78, 5) is 18.1. The Morgan fingerprint density at radius 2 is 2.25 bits per heavy atom. The van der Waals surface area contributed by atoms with Crippen molar-refractivity contribution >= 4 is 5.91 Å². The van der Waals surface area contributed by atoms with Gasteiger partial charge in [0.05, 0.1) is 5.56 Å². The molecular formula is C12H19N3O. The van der Waals surface area contributed by atoms with Crippen molar-refractivity contribution in [3.63, 3.8) is 0 Å². The molecule has 0 saturated heterocycles. The summed E-state index contributed by atoms with van der Waals surface area (Å²) in [5.41, 5.74) is 6.94. The van der Waals surface area contributed by atoms with Crippen molar-refractivity contribution in [3.05, 3.63) is 29.6 Å². The van der Waals surface area contributed by atoms with Gasteiger partial charge in [0.2, 0.25) is 0 Å². The Bertz CT molecular complexity index is 346. The first-order chi connectivity index (χ1) is 7.70. The molecule has 88 valence electrons. The predicted octanol–water partition coefficient (Wildman–Crippen LogP) is 1.20. The van der Waals surface area contributed by atoms with Crippen molar-refractivity contribution < 1.29 is 4.79 Å². The Morgan fingerprint density at radius 3 is 2.81 bits per heavy atom. The van der Waals surface area contributed by atoms with Crippen molar-refractivity contribution in [2.24, 2.45) is 5.73 Å². The summed E-state index contributed by atoms with van der Waals surface area (Å²) in [5.74, 6) is 0.0258. The van der Waals surface area contributed by atoms with Crippen LogP contribution in [0, 0.1) is 6.92 Å². The zero-order valence-electron chi connectivity index (χ0n) is 9.94. The zero-order valence-corrected chi connectivity index (χ0v) is 9.94. The summed E-state index contributed by atoms with van der Waals surface area (Å²) in [6, 6.07) is 3.59. The van der Waals surface area contributed by atoms with E-state index in [0.717, 1.165) is 18.7 Å². The van der Waals surface area contributed by atoms with Gasteiger partial charge in [-0.2, -0.15) is 0 Å². The summed E-state index contributed by atoms with van der Waals surface area (Å²) in [6.45, 7) is 5.73. The number of aryl methyl sites for hydroxylation is 1. The first-order valence-electron chi connectivity index (χ1n) is 5.61. The van der Waals surface area contributed by atoms with E-state index in [4.69, 9.17) is 5.73 Å². The maximum atomic E-state index is 12.2. The molecule has 0 radical (unpaired) electrons. The average molecular weight is 221 g/mol. The van der Waals surface area contributed by atoms with Crippen LogP contribution in [0.2, 0.25) is 0 Å². The quantitative estimate of drug-likeness (QED) is 0.812. The molecule has 0 aromatic carbocycles. The van der Waals surface area contributed by atoms with Gasteiger partial charge in [-0.1, -0.05) is 6.92 Å². The maximum absolute atomic E-state index is 12.2. The van der Waals surface area contributed by atoms with Crippen molar-refractivity contribution in [1.82, 2.24) is 9.88 Å². The molecule has 0 atom stereocenters. The lowest BCUT2D eigenvalue weighted by atomic mass is 10.1. The van der Waals surface area contributed by atoms with Crippen LogP contribution < -0.4 is 5.73 Å². The van der Waals surface area contributed by atoms with Crippen LogP contribution in [0.3, 0.4) is 0 Å². The topological polar surface area (TPSA) is 59.2 Å². The van der Waals surface area contributed by atoms with E-state index in [1.807, 2.05) is 19.9 Å². The van der Waals surface area contributed by atoms with Gasteiger partial charge in [-0.05, 0) is 25.5 Å². The van der Waals surface area contributed by atoms with Crippen LogP contribution in [0.15, 0.2) is 18.3 Å². The van der Waals surface area contributed by atoms with E-state index in [0.29, 0.717) is 18.7 Å². The van der Waals surface area contributed by atoms with Crippen LogP contribution in [0.1, 0.15) is 29.4 Å². The minimum atomic E-state index is 0.0258. The second-order valence-electron chi connectivity index (χ2n) is 3.72. The van der Waals surface area contributed by atoms with Gasteiger partial charge in [-0.25, -0.2) is 0 Å². The SMILES string of the molecule is CCCN(CCN)C(=O)c1cccnc1C. The van der Waals surface area contributed by atoms with Crippen LogP contribution in [-0.2, 0) is 0 Å². The minimum Gasteiger partial charge on any atom is -0.337 e. The van der Waals surface area contributed by atoms with E-state index < -0.39 is 0 Å². The Hall–Kier alpha value is -1.42. The van der Waals surface area contributed by atoms with Gasteiger partial charge in [-0.3, -0.25) is 9.78 Å². The summed E-state index contributed by atoms with van der Waals surface area (Å²) in [6.07, 6.45) is 2.63. The van der Waals surface area contributed by atoms with E-state index in [-0.39, 0.29) is 5.91 Å². The molecule has 1 amide bonds. The van der Waals surface area contributed by atoms with Gasteiger partial charge in [0, 0.05) is 31.5 Å². The molecule has 4 nitrogen and oxygen atoms in total. The number of carbonyl (C=O) groups is 1. The van der Waals surface area contributed by atoms with Gasteiger partial charge in [0.1, 0.15) is 0 Å². The normalized spacial score (nSPS) is 10.2. The first-order valence-corrected chi connectivity index (χ1v) is 5.61. The monoisotopic (exact) mass is 221 g/mol. The minimum absolute atomic E-state index is 0.0258. The number of carbonyl (C=O) groups excluding carboxylic acids is 1. The molecule has 1 rings (SSSR count). The van der Waals surface area contributed by atoms with Crippen molar-refractivity contribution in [2.75, 3.05) is 19.6 Å². The van der Waals surface area contributed by atoms with E-state index in [1.54, 1.807) is 17.2 Å². The number of nitrogens with two attached hydrogens (primary N) is 1. The van der Waals surface area contributed by atoms with Crippen molar-refractivity contribution in [2.45, 2.75) is 20.3 Å². The summed E-state index contributed by atoms with van der Waals surface area (Å²) < 4.78 is 0. The summed E-state index contributed by atoms with van der Waals surface area (Å²) in [7, 11) is 0. The van der Waals surface area contributed by atoms with E-state index >= 15 is 0 Å². The molecular weight excluding hydrogens is 202 g/mol.